The Morgan fingerprint density at radius 3 is 2.29 bits per heavy atom. The van der Waals surface area contributed by atoms with Crippen molar-refractivity contribution in [3.05, 3.63) is 0 Å². The van der Waals surface area contributed by atoms with E-state index in [1.165, 1.54) is 0 Å². The summed E-state index contributed by atoms with van der Waals surface area (Å²) >= 11 is 0. The van der Waals surface area contributed by atoms with Crippen molar-refractivity contribution in [2.75, 3.05) is 26.8 Å². The van der Waals surface area contributed by atoms with E-state index in [0.29, 0.717) is 32.4 Å². The summed E-state index contributed by atoms with van der Waals surface area (Å²) in [6.45, 7) is 8.32. The third-order valence-electron chi connectivity index (χ3n) is 3.06. The van der Waals surface area contributed by atoms with Crippen LogP contribution >= 0.6 is 0 Å². The molecule has 1 atom stereocenters. The third kappa shape index (κ3) is 10.3. The number of hydrogen-bond donors (Lipinski definition) is 3. The van der Waals surface area contributed by atoms with Gasteiger partial charge in [-0.1, -0.05) is 20.8 Å². The normalized spacial score (nSPS) is 14.4. The molecule has 0 saturated heterocycles. The van der Waals surface area contributed by atoms with Gasteiger partial charge in [0, 0.05) is 45.1 Å². The first-order chi connectivity index (χ1) is 9.58. The summed E-state index contributed by atoms with van der Waals surface area (Å²) in [7, 11) is 1.57. The summed E-state index contributed by atoms with van der Waals surface area (Å²) in [6.07, 6.45) is 1.37. The molecule has 3 N–H and O–H groups in total. The monoisotopic (exact) mass is 302 g/mol. The van der Waals surface area contributed by atoms with Crippen LogP contribution < -0.4 is 10.6 Å². The molecule has 21 heavy (non-hydrogen) atoms. The average molecular weight is 302 g/mol. The predicted octanol–water partition coefficient (Wildman–Crippen LogP) is 0.833. The van der Waals surface area contributed by atoms with Crippen molar-refractivity contribution in [1.82, 2.24) is 10.6 Å². The molecule has 0 spiro atoms. The maximum atomic E-state index is 11.6. The summed E-state index contributed by atoms with van der Waals surface area (Å²) in [6, 6.07) is 0. The van der Waals surface area contributed by atoms with Gasteiger partial charge in [-0.15, -0.1) is 0 Å². The zero-order valence-corrected chi connectivity index (χ0v) is 13.9. The van der Waals surface area contributed by atoms with Gasteiger partial charge in [-0.05, 0) is 13.3 Å². The highest BCUT2D eigenvalue weighted by atomic mass is 16.5. The van der Waals surface area contributed by atoms with Crippen molar-refractivity contribution in [1.29, 1.82) is 0 Å². The first kappa shape index (κ1) is 19.9. The largest absolute Gasteiger partial charge is 0.388 e. The molecule has 0 aliphatic rings. The summed E-state index contributed by atoms with van der Waals surface area (Å²) in [5, 5.41) is 15.5. The molecule has 0 aliphatic heterocycles. The second kappa shape index (κ2) is 9.00. The molecule has 1 unspecified atom stereocenters. The van der Waals surface area contributed by atoms with Crippen LogP contribution in [-0.2, 0) is 14.3 Å². The van der Waals surface area contributed by atoms with Crippen molar-refractivity contribution in [2.24, 2.45) is 5.41 Å². The van der Waals surface area contributed by atoms with Gasteiger partial charge in [0.1, 0.15) is 0 Å². The van der Waals surface area contributed by atoms with Crippen LogP contribution in [0.25, 0.3) is 0 Å². The Morgan fingerprint density at radius 1 is 1.14 bits per heavy atom. The molecule has 0 aromatic heterocycles. The van der Waals surface area contributed by atoms with Gasteiger partial charge < -0.3 is 20.5 Å². The lowest BCUT2D eigenvalue weighted by Gasteiger charge is -2.23. The molecular formula is C15H30N2O4. The van der Waals surface area contributed by atoms with Crippen LogP contribution in [0.3, 0.4) is 0 Å². The van der Waals surface area contributed by atoms with Crippen molar-refractivity contribution in [2.45, 2.75) is 52.6 Å². The van der Waals surface area contributed by atoms with E-state index in [1.54, 1.807) is 14.0 Å². The summed E-state index contributed by atoms with van der Waals surface area (Å²) in [4.78, 5) is 23.2. The van der Waals surface area contributed by atoms with E-state index < -0.39 is 11.0 Å². The Balaban J connectivity index is 3.79. The second-order valence-corrected chi connectivity index (χ2v) is 6.63. The molecule has 0 fully saturated rings. The zero-order valence-electron chi connectivity index (χ0n) is 13.9. The highest BCUT2D eigenvalue weighted by molar-refractivity contribution is 5.81. The van der Waals surface area contributed by atoms with Gasteiger partial charge in [0.25, 0.3) is 0 Å². The lowest BCUT2D eigenvalue weighted by atomic mass is 9.96. The Kier molecular flexibility index (Phi) is 8.51. The van der Waals surface area contributed by atoms with E-state index in [9.17, 15) is 14.7 Å². The van der Waals surface area contributed by atoms with Gasteiger partial charge in [-0.2, -0.15) is 0 Å². The van der Waals surface area contributed by atoms with Gasteiger partial charge >= 0.3 is 0 Å². The van der Waals surface area contributed by atoms with Gasteiger partial charge in [-0.25, -0.2) is 0 Å². The molecule has 0 aliphatic carbocycles. The fourth-order valence-corrected chi connectivity index (χ4v) is 1.50. The first-order valence-corrected chi connectivity index (χ1v) is 7.35. The van der Waals surface area contributed by atoms with Gasteiger partial charge in [0.2, 0.25) is 11.8 Å². The summed E-state index contributed by atoms with van der Waals surface area (Å²) < 4.78 is 4.90. The fourth-order valence-electron chi connectivity index (χ4n) is 1.50. The quantitative estimate of drug-likeness (QED) is 0.551. The number of ether oxygens (including phenoxy) is 1. The van der Waals surface area contributed by atoms with E-state index in [4.69, 9.17) is 4.74 Å². The minimum Gasteiger partial charge on any atom is -0.388 e. The fraction of sp³-hybridized carbons (Fsp3) is 0.867. The molecule has 0 saturated carbocycles. The van der Waals surface area contributed by atoms with E-state index in [-0.39, 0.29) is 18.4 Å². The van der Waals surface area contributed by atoms with Crippen LogP contribution in [0.15, 0.2) is 0 Å². The average Bonchev–Trinajstić information content (AvgIpc) is 2.38. The number of carbonyl (C=O) groups excluding carboxylic acids is 2. The van der Waals surface area contributed by atoms with Crippen LogP contribution in [0, 0.1) is 5.41 Å². The highest BCUT2D eigenvalue weighted by Gasteiger charge is 2.21. The number of hydrogen-bond acceptors (Lipinski definition) is 4. The van der Waals surface area contributed by atoms with Crippen molar-refractivity contribution in [3.63, 3.8) is 0 Å². The molecular weight excluding hydrogens is 272 g/mol. The van der Waals surface area contributed by atoms with E-state index in [0.717, 1.165) is 0 Å². The Morgan fingerprint density at radius 2 is 1.76 bits per heavy atom. The molecule has 0 bridgehead atoms. The van der Waals surface area contributed by atoms with Crippen LogP contribution in [0.5, 0.6) is 0 Å². The zero-order chi connectivity index (χ0) is 16.5. The van der Waals surface area contributed by atoms with Crippen LogP contribution in [0.1, 0.15) is 47.0 Å². The minimum absolute atomic E-state index is 0.0228. The number of nitrogens with one attached hydrogen (secondary N) is 2. The predicted molar refractivity (Wildman–Crippen MR) is 81.8 cm³/mol. The lowest BCUT2D eigenvalue weighted by Crippen LogP contribution is -2.41. The molecule has 6 nitrogen and oxygen atoms in total. The maximum absolute atomic E-state index is 11.6. The van der Waals surface area contributed by atoms with Gasteiger partial charge in [0.15, 0.2) is 0 Å². The van der Waals surface area contributed by atoms with Crippen LogP contribution in [-0.4, -0.2) is 49.3 Å². The maximum Gasteiger partial charge on any atom is 0.225 e. The Hall–Kier alpha value is -1.14. The highest BCUT2D eigenvalue weighted by Crippen LogP contribution is 2.12. The van der Waals surface area contributed by atoms with Crippen LogP contribution in [0.2, 0.25) is 0 Å². The molecule has 2 amide bonds. The standard InChI is InChI=1S/C15H30N2O4/c1-14(2,3)13(19)16-9-6-7-12(18)17-11-15(4,20)8-10-21-5/h20H,6-11H2,1-5H3,(H,16,19)(H,17,18). The molecule has 0 aromatic rings. The topological polar surface area (TPSA) is 87.7 Å². The smallest absolute Gasteiger partial charge is 0.225 e. The number of rotatable bonds is 9. The molecule has 0 heterocycles. The van der Waals surface area contributed by atoms with Crippen molar-refractivity contribution in [3.8, 4) is 0 Å². The first-order valence-electron chi connectivity index (χ1n) is 7.35. The lowest BCUT2D eigenvalue weighted by molar-refractivity contribution is -0.128. The molecule has 0 aromatic carbocycles. The number of aliphatic hydroxyl groups is 1. The molecule has 124 valence electrons. The number of carbonyl (C=O) groups is 2. The summed E-state index contributed by atoms with van der Waals surface area (Å²) in [5.41, 5.74) is -1.38. The number of methoxy groups -OCH3 is 1. The Labute approximate surface area is 127 Å². The van der Waals surface area contributed by atoms with Crippen LogP contribution in [0.4, 0.5) is 0 Å². The molecule has 0 radical (unpaired) electrons. The van der Waals surface area contributed by atoms with Crippen molar-refractivity contribution < 1.29 is 19.4 Å². The molecule has 0 rings (SSSR count). The second-order valence-electron chi connectivity index (χ2n) is 6.63. The van der Waals surface area contributed by atoms with E-state index >= 15 is 0 Å². The Bertz CT molecular complexity index is 335. The third-order valence-corrected chi connectivity index (χ3v) is 3.06. The minimum atomic E-state index is -0.966. The number of amides is 2. The molecule has 6 heteroatoms. The SMILES string of the molecule is COCCC(C)(O)CNC(=O)CCCNC(=O)C(C)(C)C. The van der Waals surface area contributed by atoms with Gasteiger partial charge in [-0.3, -0.25) is 9.59 Å². The van der Waals surface area contributed by atoms with E-state index in [2.05, 4.69) is 10.6 Å². The van der Waals surface area contributed by atoms with Crippen molar-refractivity contribution >= 4 is 11.8 Å². The summed E-state index contributed by atoms with van der Waals surface area (Å²) in [5.74, 6) is -0.150. The van der Waals surface area contributed by atoms with E-state index in [1.807, 2.05) is 20.8 Å². The van der Waals surface area contributed by atoms with Gasteiger partial charge in [0.05, 0.1) is 5.60 Å².